The van der Waals surface area contributed by atoms with E-state index in [4.69, 9.17) is 0 Å². The molecule has 0 fully saturated rings. The molecule has 0 saturated heterocycles. The lowest BCUT2D eigenvalue weighted by molar-refractivity contribution is -0.152. The van der Waals surface area contributed by atoms with E-state index in [9.17, 15) is 19.1 Å². The predicted molar refractivity (Wildman–Crippen MR) is 171 cm³/mol. The number of carbonyl (C=O) groups is 2. The van der Waals surface area contributed by atoms with Gasteiger partial charge in [0, 0.05) is 12.0 Å². The first kappa shape index (κ1) is 44.8. The molecule has 0 aromatic heterocycles. The molecule has 3 atom stereocenters. The van der Waals surface area contributed by atoms with Gasteiger partial charge < -0.3 is 15.2 Å². The second-order valence-electron chi connectivity index (χ2n) is 13.4. The van der Waals surface area contributed by atoms with Crippen molar-refractivity contribution in [2.75, 3.05) is 6.54 Å². The Bertz CT molecular complexity index is 680. The Labute approximate surface area is 244 Å². The van der Waals surface area contributed by atoms with Gasteiger partial charge in [0.05, 0.1) is 11.5 Å². The van der Waals surface area contributed by atoms with Crippen molar-refractivity contribution in [1.29, 1.82) is 0 Å². The summed E-state index contributed by atoms with van der Waals surface area (Å²) in [7, 11) is 0. The van der Waals surface area contributed by atoms with E-state index in [1.165, 1.54) is 6.42 Å². The molecule has 0 aliphatic heterocycles. The molecule has 3 unspecified atom stereocenters. The van der Waals surface area contributed by atoms with Crippen molar-refractivity contribution in [1.82, 2.24) is 5.32 Å². The van der Waals surface area contributed by atoms with Crippen LogP contribution in [0.15, 0.2) is 12.2 Å². The van der Waals surface area contributed by atoms with E-state index in [1.807, 2.05) is 20.8 Å². The van der Waals surface area contributed by atoms with Crippen molar-refractivity contribution in [3.8, 4) is 0 Å². The number of allylic oxidation sites excluding steroid dienone is 1. The van der Waals surface area contributed by atoms with E-state index in [0.29, 0.717) is 19.3 Å². The zero-order valence-corrected chi connectivity index (χ0v) is 29.3. The summed E-state index contributed by atoms with van der Waals surface area (Å²) in [5, 5.41) is 12.5. The highest BCUT2D eigenvalue weighted by Gasteiger charge is 2.56. The third-order valence-corrected chi connectivity index (χ3v) is 8.63. The molecule has 0 spiro atoms. The molecule has 4 nitrogen and oxygen atoms in total. The van der Waals surface area contributed by atoms with Crippen LogP contribution >= 0.6 is 0 Å². The number of hydrogen-bond donors (Lipinski definition) is 2. The monoisotopic (exact) mass is 560 g/mol. The summed E-state index contributed by atoms with van der Waals surface area (Å²) in [6.45, 7) is 39.1. The van der Waals surface area contributed by atoms with Gasteiger partial charge in [-0.1, -0.05) is 129 Å². The van der Waals surface area contributed by atoms with Crippen LogP contribution in [0.25, 0.3) is 0 Å². The van der Waals surface area contributed by atoms with Crippen molar-refractivity contribution in [3.05, 3.63) is 12.2 Å². The Morgan fingerprint density at radius 3 is 1.59 bits per heavy atom. The van der Waals surface area contributed by atoms with Crippen molar-refractivity contribution >= 4 is 12.2 Å². The zero-order valence-electron chi connectivity index (χ0n) is 29.3. The number of hydrogen-bond acceptors (Lipinski definition) is 3. The SMILES string of the molecule is C=C(CC)C(C)(C)C(F)C=O.CC.CCC.CCC(C)(C)CC(C)(C)C(C)(C(=O)NCC(C)O)C(C)(C)CC. The highest BCUT2D eigenvalue weighted by atomic mass is 19.1. The average molecular weight is 560 g/mol. The van der Waals surface area contributed by atoms with Crippen LogP contribution in [0.1, 0.15) is 150 Å². The first-order chi connectivity index (χ1) is 17.5. The molecule has 39 heavy (non-hydrogen) atoms. The number of rotatable bonds is 13. The normalized spacial score (nSPS) is 14.9. The maximum Gasteiger partial charge on any atom is 0.227 e. The molecule has 0 rings (SSSR count). The number of nitrogens with one attached hydrogen (secondary N) is 1. The Kier molecular flexibility index (Phi) is 22.7. The molecule has 0 bridgehead atoms. The fraction of sp³-hybridized carbons (Fsp3) is 0.882. The lowest BCUT2D eigenvalue weighted by Gasteiger charge is -2.54. The fourth-order valence-corrected chi connectivity index (χ4v) is 4.62. The minimum Gasteiger partial charge on any atom is -0.392 e. The van der Waals surface area contributed by atoms with Gasteiger partial charge in [-0.3, -0.25) is 4.79 Å². The number of aldehydes is 1. The number of halogens is 1. The van der Waals surface area contributed by atoms with E-state index >= 15 is 0 Å². The summed E-state index contributed by atoms with van der Waals surface area (Å²) >= 11 is 0. The van der Waals surface area contributed by atoms with Crippen LogP contribution in [0.4, 0.5) is 4.39 Å². The molecular weight excluding hydrogens is 489 g/mol. The molecule has 0 aromatic rings. The Balaban J connectivity index is -0.000000318. The van der Waals surface area contributed by atoms with E-state index in [2.05, 4.69) is 88.1 Å². The summed E-state index contributed by atoms with van der Waals surface area (Å²) in [4.78, 5) is 23.3. The summed E-state index contributed by atoms with van der Waals surface area (Å²) < 4.78 is 12.9. The highest BCUT2D eigenvalue weighted by Crippen LogP contribution is 2.57. The molecule has 0 heterocycles. The Morgan fingerprint density at radius 2 is 1.31 bits per heavy atom. The third kappa shape index (κ3) is 14.3. The van der Waals surface area contributed by atoms with Crippen LogP contribution in [0.2, 0.25) is 0 Å². The first-order valence-corrected chi connectivity index (χ1v) is 15.3. The Morgan fingerprint density at radius 1 is 0.897 bits per heavy atom. The van der Waals surface area contributed by atoms with Gasteiger partial charge >= 0.3 is 0 Å². The van der Waals surface area contributed by atoms with E-state index in [-0.39, 0.29) is 22.2 Å². The van der Waals surface area contributed by atoms with Crippen LogP contribution < -0.4 is 5.32 Å². The maximum absolute atomic E-state index is 13.2. The molecule has 2 N–H and O–H groups in total. The van der Waals surface area contributed by atoms with Gasteiger partial charge in [0.15, 0.2) is 12.5 Å². The number of aliphatic hydroxyl groups excluding tert-OH is 1. The average Bonchev–Trinajstić information content (AvgIpc) is 2.86. The van der Waals surface area contributed by atoms with Crippen LogP contribution in [0.5, 0.6) is 0 Å². The largest absolute Gasteiger partial charge is 0.392 e. The second kappa shape index (κ2) is 19.8. The topological polar surface area (TPSA) is 66.4 Å². The molecule has 0 radical (unpaired) electrons. The summed E-state index contributed by atoms with van der Waals surface area (Å²) in [5.41, 5.74) is -0.555. The lowest BCUT2D eigenvalue weighted by atomic mass is 9.49. The summed E-state index contributed by atoms with van der Waals surface area (Å²) in [6, 6.07) is 0. The Hall–Kier alpha value is -1.23. The molecular formula is C34H70FNO3. The quantitative estimate of drug-likeness (QED) is 0.174. The molecule has 5 heteroatoms. The van der Waals surface area contributed by atoms with E-state index < -0.39 is 23.1 Å². The summed E-state index contributed by atoms with van der Waals surface area (Å²) in [5.74, 6) is 0.0575. The van der Waals surface area contributed by atoms with Gasteiger partial charge in [-0.25, -0.2) is 4.39 Å². The van der Waals surface area contributed by atoms with Gasteiger partial charge in [-0.2, -0.15) is 0 Å². The van der Waals surface area contributed by atoms with Crippen molar-refractivity contribution in [2.24, 2.45) is 27.1 Å². The number of amides is 1. The molecule has 0 aliphatic rings. The minimum atomic E-state index is -1.44. The smallest absolute Gasteiger partial charge is 0.227 e. The lowest BCUT2D eigenvalue weighted by Crippen LogP contribution is -2.57. The fourth-order valence-electron chi connectivity index (χ4n) is 4.62. The molecule has 0 aromatic carbocycles. The number of aliphatic hydroxyl groups is 1. The molecule has 0 aliphatic carbocycles. The van der Waals surface area contributed by atoms with E-state index in [0.717, 1.165) is 24.8 Å². The van der Waals surface area contributed by atoms with Gasteiger partial charge in [-0.15, -0.1) is 0 Å². The van der Waals surface area contributed by atoms with Crippen LogP contribution in [0, 0.1) is 27.1 Å². The summed E-state index contributed by atoms with van der Waals surface area (Å²) in [6.07, 6.45) is 3.34. The highest BCUT2D eigenvalue weighted by molar-refractivity contribution is 5.84. The van der Waals surface area contributed by atoms with Crippen molar-refractivity contribution in [3.63, 3.8) is 0 Å². The van der Waals surface area contributed by atoms with E-state index in [1.54, 1.807) is 20.8 Å². The second-order valence-corrected chi connectivity index (χ2v) is 13.4. The van der Waals surface area contributed by atoms with Crippen LogP contribution in [0.3, 0.4) is 0 Å². The predicted octanol–water partition coefficient (Wildman–Crippen LogP) is 9.74. The molecule has 236 valence electrons. The van der Waals surface area contributed by atoms with Gasteiger partial charge in [0.25, 0.3) is 0 Å². The molecule has 1 amide bonds. The van der Waals surface area contributed by atoms with Gasteiger partial charge in [-0.05, 0) is 49.4 Å². The number of carbonyl (C=O) groups excluding carboxylic acids is 2. The number of alkyl halides is 1. The first-order valence-electron chi connectivity index (χ1n) is 15.3. The third-order valence-electron chi connectivity index (χ3n) is 8.63. The van der Waals surface area contributed by atoms with Crippen LogP contribution in [-0.4, -0.2) is 36.1 Å². The van der Waals surface area contributed by atoms with Crippen molar-refractivity contribution < 1.29 is 19.1 Å². The van der Waals surface area contributed by atoms with Gasteiger partial charge in [0.1, 0.15) is 0 Å². The van der Waals surface area contributed by atoms with Crippen molar-refractivity contribution in [2.45, 2.75) is 162 Å². The zero-order chi connectivity index (χ0) is 32.5. The standard InChI is InChI=1S/C20H41NO2.C9H15FO.C3H8.C2H6/c1-11-17(4,5)14-19(8,9)20(10,18(6,7)12-2)16(23)21-13-15(3)22;1-5-7(2)9(3,4)8(10)6-11;1-3-2;1-2/h15,22H,11-14H2,1-10H3,(H,21,23);6,8H,2,5H2,1,3-4H3;3H2,1-2H3;1-2H3. The maximum atomic E-state index is 13.2. The van der Waals surface area contributed by atoms with Crippen LogP contribution in [-0.2, 0) is 9.59 Å². The minimum absolute atomic E-state index is 0.0575. The van der Waals surface area contributed by atoms with Gasteiger partial charge in [0.2, 0.25) is 5.91 Å². The molecule has 0 saturated carbocycles.